The number of nitro groups is 1. The van der Waals surface area contributed by atoms with Crippen LogP contribution >= 0.6 is 11.3 Å². The maximum atomic E-state index is 11.0. The van der Waals surface area contributed by atoms with E-state index in [2.05, 4.69) is 15.2 Å². The van der Waals surface area contributed by atoms with Gasteiger partial charge in [0.25, 0.3) is 0 Å². The van der Waals surface area contributed by atoms with Gasteiger partial charge in [-0.1, -0.05) is 11.3 Å². The number of nitrogens with zero attached hydrogens (tertiary/aromatic N) is 5. The lowest BCUT2D eigenvalue weighted by molar-refractivity contribution is -0.391. The Bertz CT molecular complexity index is 629. The normalized spacial score (nSPS) is 10.3. The molecule has 0 atom stereocenters. The van der Waals surface area contributed by atoms with Crippen LogP contribution < -0.4 is 0 Å². The molecular weight excluding hydrogens is 278 g/mol. The van der Waals surface area contributed by atoms with E-state index < -0.39 is 4.92 Å². The van der Waals surface area contributed by atoms with E-state index in [1.807, 2.05) is 0 Å². The van der Waals surface area contributed by atoms with Crippen molar-refractivity contribution >= 4 is 33.3 Å². The molecule has 0 N–H and O–H groups in total. The topological polar surface area (TPSA) is 104 Å². The molecule has 0 unspecified atom stereocenters. The SMILES string of the molecule is Cn1c([N+](=O)[O-])cnc1CC(=S=O)c1nncs1. The second-order valence-electron chi connectivity index (χ2n) is 3.28. The van der Waals surface area contributed by atoms with Crippen molar-refractivity contribution in [1.82, 2.24) is 19.7 Å². The first kappa shape index (κ1) is 12.5. The largest absolute Gasteiger partial charge is 0.358 e. The smallest absolute Gasteiger partial charge is 0.342 e. The van der Waals surface area contributed by atoms with Crippen LogP contribution in [0, 0.1) is 10.1 Å². The first-order valence-electron chi connectivity index (χ1n) is 4.70. The summed E-state index contributed by atoms with van der Waals surface area (Å²) < 4.78 is 12.4. The lowest BCUT2D eigenvalue weighted by atomic mass is 10.3. The lowest BCUT2D eigenvalue weighted by Crippen LogP contribution is -2.10. The predicted octanol–water partition coefficient (Wildman–Crippen LogP) is 0.156. The van der Waals surface area contributed by atoms with Gasteiger partial charge in [0.05, 0.1) is 29.6 Å². The Morgan fingerprint density at radius 2 is 2.44 bits per heavy atom. The average Bonchev–Trinajstić information content (AvgIpc) is 2.96. The van der Waals surface area contributed by atoms with Crippen molar-refractivity contribution in [1.29, 1.82) is 0 Å². The molecule has 0 bridgehead atoms. The zero-order valence-electron chi connectivity index (χ0n) is 9.14. The molecule has 0 spiro atoms. The fraction of sp³-hybridized carbons (Fsp3) is 0.250. The Labute approximate surface area is 109 Å². The molecule has 0 radical (unpaired) electrons. The van der Waals surface area contributed by atoms with Crippen molar-refractivity contribution in [3.8, 4) is 0 Å². The maximum absolute atomic E-state index is 11.0. The van der Waals surface area contributed by atoms with Crippen LogP contribution in [0.4, 0.5) is 5.82 Å². The minimum absolute atomic E-state index is 0.113. The summed E-state index contributed by atoms with van der Waals surface area (Å²) >= 11 is 1.54. The maximum Gasteiger partial charge on any atom is 0.342 e. The van der Waals surface area contributed by atoms with Crippen LogP contribution in [0.15, 0.2) is 11.7 Å². The number of imidazole rings is 1. The molecule has 2 aromatic heterocycles. The fourth-order valence-corrected chi connectivity index (χ4v) is 2.39. The minimum atomic E-state index is -0.522. The van der Waals surface area contributed by atoms with E-state index in [-0.39, 0.29) is 12.2 Å². The fourth-order valence-electron chi connectivity index (χ4n) is 1.35. The quantitative estimate of drug-likeness (QED) is 0.343. The molecule has 0 aliphatic carbocycles. The Kier molecular flexibility index (Phi) is 3.58. The molecule has 10 heteroatoms. The third-order valence-corrected chi connectivity index (χ3v) is 3.68. The summed E-state index contributed by atoms with van der Waals surface area (Å²) in [6.07, 6.45) is 1.37. The summed E-state index contributed by atoms with van der Waals surface area (Å²) in [5.74, 6) is 0.327. The van der Waals surface area contributed by atoms with Gasteiger partial charge in [0.15, 0.2) is 5.01 Å². The first-order chi connectivity index (χ1) is 8.63. The van der Waals surface area contributed by atoms with E-state index in [0.29, 0.717) is 27.0 Å². The number of hydrogen-bond donors (Lipinski definition) is 0. The third-order valence-electron chi connectivity index (χ3n) is 2.26. The van der Waals surface area contributed by atoms with Crippen LogP contribution in [0.25, 0.3) is 0 Å². The van der Waals surface area contributed by atoms with Gasteiger partial charge in [-0.15, -0.1) is 10.2 Å². The zero-order valence-corrected chi connectivity index (χ0v) is 10.8. The summed E-state index contributed by atoms with van der Waals surface area (Å²) in [4.78, 5) is 14.5. The molecule has 0 aromatic carbocycles. The van der Waals surface area contributed by atoms with E-state index in [4.69, 9.17) is 0 Å². The molecule has 0 aliphatic rings. The van der Waals surface area contributed by atoms with Crippen LogP contribution in [0.1, 0.15) is 10.8 Å². The van der Waals surface area contributed by atoms with Crippen LogP contribution in [-0.4, -0.2) is 33.7 Å². The zero-order chi connectivity index (χ0) is 13.1. The van der Waals surface area contributed by atoms with Gasteiger partial charge < -0.3 is 10.1 Å². The molecule has 2 heterocycles. The highest BCUT2D eigenvalue weighted by molar-refractivity contribution is 7.67. The summed E-state index contributed by atoms with van der Waals surface area (Å²) in [6.45, 7) is 0. The second-order valence-corrected chi connectivity index (χ2v) is 4.77. The standard InChI is InChI=1S/C8H7N5O3S2/c1-12-6(9-3-7(12)13(14)15)2-5(18-16)8-11-10-4-17-8/h3-4H,2H2,1H3. The molecule has 18 heavy (non-hydrogen) atoms. The van der Waals surface area contributed by atoms with E-state index >= 15 is 0 Å². The molecule has 2 rings (SSSR count). The van der Waals surface area contributed by atoms with Gasteiger partial charge in [-0.25, -0.2) is 13.8 Å². The monoisotopic (exact) mass is 285 g/mol. The molecule has 0 amide bonds. The highest BCUT2D eigenvalue weighted by atomic mass is 32.1. The van der Waals surface area contributed by atoms with Gasteiger partial charge in [0.1, 0.15) is 11.7 Å². The van der Waals surface area contributed by atoms with Gasteiger partial charge >= 0.3 is 5.82 Å². The Morgan fingerprint density at radius 3 is 2.94 bits per heavy atom. The number of hydrogen-bond acceptors (Lipinski definition) is 7. The molecule has 8 nitrogen and oxygen atoms in total. The van der Waals surface area contributed by atoms with E-state index in [9.17, 15) is 14.3 Å². The van der Waals surface area contributed by atoms with Gasteiger partial charge in [0.2, 0.25) is 5.82 Å². The Hall–Kier alpha value is -1.94. The van der Waals surface area contributed by atoms with Gasteiger partial charge in [-0.3, -0.25) is 0 Å². The molecular formula is C8H7N5O3S2. The van der Waals surface area contributed by atoms with Crippen molar-refractivity contribution in [2.24, 2.45) is 7.05 Å². The van der Waals surface area contributed by atoms with Crippen molar-refractivity contribution < 1.29 is 9.13 Å². The molecule has 0 fully saturated rings. The molecule has 0 aliphatic heterocycles. The van der Waals surface area contributed by atoms with E-state index in [1.54, 1.807) is 0 Å². The molecule has 94 valence electrons. The van der Waals surface area contributed by atoms with Crippen molar-refractivity contribution in [3.63, 3.8) is 0 Å². The summed E-state index contributed by atoms with van der Waals surface area (Å²) in [7, 11) is 1.54. The predicted molar refractivity (Wildman–Crippen MR) is 65.7 cm³/mol. The average molecular weight is 285 g/mol. The Balaban J connectivity index is 2.29. The van der Waals surface area contributed by atoms with E-state index in [1.165, 1.54) is 34.7 Å². The summed E-state index contributed by atoms with van der Waals surface area (Å²) in [6, 6.07) is 0. The molecule has 0 saturated carbocycles. The summed E-state index contributed by atoms with van der Waals surface area (Å²) in [5, 5.41) is 18.6. The van der Waals surface area contributed by atoms with Crippen LogP contribution in [0.5, 0.6) is 0 Å². The number of aromatic nitrogens is 4. The van der Waals surface area contributed by atoms with Crippen LogP contribution in [0.3, 0.4) is 0 Å². The third kappa shape index (κ3) is 2.33. The highest BCUT2D eigenvalue weighted by Crippen LogP contribution is 2.14. The number of rotatable bonds is 4. The Morgan fingerprint density at radius 1 is 1.67 bits per heavy atom. The van der Waals surface area contributed by atoms with Crippen LogP contribution in [0.2, 0.25) is 0 Å². The molecule has 2 aromatic rings. The van der Waals surface area contributed by atoms with Crippen molar-refractivity contribution in [3.05, 3.63) is 32.7 Å². The molecule has 0 saturated heterocycles. The highest BCUT2D eigenvalue weighted by Gasteiger charge is 2.19. The summed E-state index contributed by atoms with van der Waals surface area (Å²) in [5.41, 5.74) is 1.52. The lowest BCUT2D eigenvalue weighted by Gasteiger charge is -1.98. The first-order valence-corrected chi connectivity index (χ1v) is 6.32. The van der Waals surface area contributed by atoms with Gasteiger partial charge in [-0.2, -0.15) is 0 Å². The van der Waals surface area contributed by atoms with Crippen molar-refractivity contribution in [2.75, 3.05) is 0 Å². The van der Waals surface area contributed by atoms with E-state index in [0.717, 1.165) is 0 Å². The van der Waals surface area contributed by atoms with Crippen LogP contribution in [-0.2, 0) is 24.7 Å². The van der Waals surface area contributed by atoms with Crippen molar-refractivity contribution in [2.45, 2.75) is 6.42 Å². The van der Waals surface area contributed by atoms with Gasteiger partial charge in [-0.05, 0) is 4.92 Å². The van der Waals surface area contributed by atoms with Gasteiger partial charge in [0, 0.05) is 0 Å². The second kappa shape index (κ2) is 5.14. The minimum Gasteiger partial charge on any atom is -0.358 e.